The summed E-state index contributed by atoms with van der Waals surface area (Å²) in [4.78, 5) is 2.59. The number of likely N-dealkylation sites (tertiary alicyclic amines) is 1. The Hall–Kier alpha value is -0.120. The molecule has 1 saturated heterocycles. The van der Waals surface area contributed by atoms with E-state index >= 15 is 0 Å². The first-order valence-corrected chi connectivity index (χ1v) is 6.96. The smallest absolute Gasteiger partial charge is 0.0503 e. The molecule has 2 unspecified atom stereocenters. The third-order valence-electron chi connectivity index (χ3n) is 4.10. The lowest BCUT2D eigenvalue weighted by molar-refractivity contribution is 0.147. The molecule has 0 spiro atoms. The van der Waals surface area contributed by atoms with E-state index < -0.39 is 0 Å². The van der Waals surface area contributed by atoms with Crippen molar-refractivity contribution < 1.29 is 4.74 Å². The predicted molar refractivity (Wildman–Crippen MR) is 73.4 cm³/mol. The number of methoxy groups -OCH3 is 1. The highest BCUT2D eigenvalue weighted by Crippen LogP contribution is 2.19. The molecule has 0 amide bonds. The Morgan fingerprint density at radius 3 is 2.76 bits per heavy atom. The standard InChI is InChI=1S/C14H30N2O/c1-6-14(3,4)15-9-12(2)16-8-7-13(10-16)11-17-5/h12-13,15H,6-11H2,1-5H3. The third-order valence-corrected chi connectivity index (χ3v) is 4.10. The van der Waals surface area contributed by atoms with Crippen LogP contribution in [0.5, 0.6) is 0 Å². The van der Waals surface area contributed by atoms with Crippen LogP contribution in [0, 0.1) is 5.92 Å². The van der Waals surface area contributed by atoms with Crippen LogP contribution in [0.15, 0.2) is 0 Å². The summed E-state index contributed by atoms with van der Waals surface area (Å²) in [5.74, 6) is 0.738. The van der Waals surface area contributed by atoms with E-state index in [2.05, 4.69) is 37.9 Å². The summed E-state index contributed by atoms with van der Waals surface area (Å²) in [5, 5.41) is 3.66. The number of hydrogen-bond donors (Lipinski definition) is 1. The van der Waals surface area contributed by atoms with E-state index in [-0.39, 0.29) is 5.54 Å². The van der Waals surface area contributed by atoms with E-state index in [1.165, 1.54) is 25.9 Å². The Bertz CT molecular complexity index is 218. The molecule has 3 nitrogen and oxygen atoms in total. The van der Waals surface area contributed by atoms with Crippen LogP contribution in [0.3, 0.4) is 0 Å². The van der Waals surface area contributed by atoms with Crippen LogP contribution in [0.4, 0.5) is 0 Å². The second-order valence-electron chi connectivity index (χ2n) is 6.07. The molecule has 3 heteroatoms. The summed E-state index contributed by atoms with van der Waals surface area (Å²) in [6.45, 7) is 13.5. The number of ether oxygens (including phenoxy) is 1. The summed E-state index contributed by atoms with van der Waals surface area (Å²) in [6.07, 6.45) is 2.46. The van der Waals surface area contributed by atoms with Gasteiger partial charge < -0.3 is 10.1 Å². The molecule has 1 fully saturated rings. The maximum atomic E-state index is 5.24. The van der Waals surface area contributed by atoms with Crippen molar-refractivity contribution in [3.8, 4) is 0 Å². The summed E-state index contributed by atoms with van der Waals surface area (Å²) < 4.78 is 5.24. The Morgan fingerprint density at radius 2 is 2.18 bits per heavy atom. The van der Waals surface area contributed by atoms with E-state index in [1.807, 2.05) is 0 Å². The molecular formula is C14H30N2O. The number of nitrogens with zero attached hydrogens (tertiary/aromatic N) is 1. The van der Waals surface area contributed by atoms with Gasteiger partial charge in [0.05, 0.1) is 6.61 Å². The SMILES string of the molecule is CCC(C)(C)NCC(C)N1CCC(COC)C1. The molecule has 2 atom stereocenters. The highest BCUT2D eigenvalue weighted by molar-refractivity contribution is 4.83. The monoisotopic (exact) mass is 242 g/mol. The van der Waals surface area contributed by atoms with Gasteiger partial charge in [-0.25, -0.2) is 0 Å². The number of hydrogen-bond acceptors (Lipinski definition) is 3. The molecule has 1 aliphatic heterocycles. The van der Waals surface area contributed by atoms with Crippen molar-refractivity contribution in [2.45, 2.75) is 52.1 Å². The van der Waals surface area contributed by atoms with Crippen LogP contribution in [-0.2, 0) is 4.74 Å². The van der Waals surface area contributed by atoms with Gasteiger partial charge in [-0.3, -0.25) is 4.90 Å². The van der Waals surface area contributed by atoms with Gasteiger partial charge in [-0.2, -0.15) is 0 Å². The second kappa shape index (κ2) is 6.72. The van der Waals surface area contributed by atoms with Crippen molar-refractivity contribution in [3.05, 3.63) is 0 Å². The van der Waals surface area contributed by atoms with Gasteiger partial charge >= 0.3 is 0 Å². The summed E-state index contributed by atoms with van der Waals surface area (Å²) in [6, 6.07) is 0.627. The molecule has 0 aromatic carbocycles. The largest absolute Gasteiger partial charge is 0.384 e. The van der Waals surface area contributed by atoms with Crippen molar-refractivity contribution in [3.63, 3.8) is 0 Å². The Labute approximate surface area is 107 Å². The van der Waals surface area contributed by atoms with E-state index in [0.717, 1.165) is 19.1 Å². The van der Waals surface area contributed by atoms with Gasteiger partial charge in [0, 0.05) is 31.8 Å². The molecular weight excluding hydrogens is 212 g/mol. The normalized spacial score (nSPS) is 24.2. The van der Waals surface area contributed by atoms with E-state index in [9.17, 15) is 0 Å². The lowest BCUT2D eigenvalue weighted by Gasteiger charge is -2.30. The van der Waals surface area contributed by atoms with Gasteiger partial charge in [-0.1, -0.05) is 6.92 Å². The van der Waals surface area contributed by atoms with Gasteiger partial charge in [0.25, 0.3) is 0 Å². The molecule has 0 aromatic heterocycles. The molecule has 0 bridgehead atoms. The third kappa shape index (κ3) is 4.94. The lowest BCUT2D eigenvalue weighted by atomic mass is 10.0. The van der Waals surface area contributed by atoms with Gasteiger partial charge in [0.1, 0.15) is 0 Å². The minimum atomic E-state index is 0.264. The van der Waals surface area contributed by atoms with E-state index in [4.69, 9.17) is 4.74 Å². The van der Waals surface area contributed by atoms with E-state index in [1.54, 1.807) is 7.11 Å². The molecule has 1 rings (SSSR count). The van der Waals surface area contributed by atoms with Gasteiger partial charge in [0.2, 0.25) is 0 Å². The minimum Gasteiger partial charge on any atom is -0.384 e. The molecule has 0 radical (unpaired) electrons. The molecule has 1 heterocycles. The van der Waals surface area contributed by atoms with Crippen LogP contribution in [0.1, 0.15) is 40.5 Å². The first kappa shape index (κ1) is 14.9. The summed E-state index contributed by atoms with van der Waals surface area (Å²) in [5.41, 5.74) is 0.264. The molecule has 102 valence electrons. The van der Waals surface area contributed by atoms with Crippen molar-refractivity contribution in [1.82, 2.24) is 10.2 Å². The molecule has 0 aromatic rings. The summed E-state index contributed by atoms with van der Waals surface area (Å²) in [7, 11) is 1.80. The minimum absolute atomic E-state index is 0.264. The molecule has 0 saturated carbocycles. The maximum Gasteiger partial charge on any atom is 0.0503 e. The van der Waals surface area contributed by atoms with Gasteiger partial charge in [-0.15, -0.1) is 0 Å². The average Bonchev–Trinajstić information content (AvgIpc) is 2.75. The highest BCUT2D eigenvalue weighted by Gasteiger charge is 2.26. The molecule has 17 heavy (non-hydrogen) atoms. The fraction of sp³-hybridized carbons (Fsp3) is 1.00. The molecule has 1 aliphatic rings. The quantitative estimate of drug-likeness (QED) is 0.740. The van der Waals surface area contributed by atoms with Crippen LogP contribution in [-0.4, -0.2) is 49.8 Å². The lowest BCUT2D eigenvalue weighted by Crippen LogP contribution is -2.47. The van der Waals surface area contributed by atoms with Gasteiger partial charge in [0.15, 0.2) is 0 Å². The van der Waals surface area contributed by atoms with Crippen molar-refractivity contribution in [2.24, 2.45) is 5.92 Å². The van der Waals surface area contributed by atoms with Gasteiger partial charge in [-0.05, 0) is 46.1 Å². The highest BCUT2D eigenvalue weighted by atomic mass is 16.5. The average molecular weight is 242 g/mol. The van der Waals surface area contributed by atoms with Crippen LogP contribution in [0.2, 0.25) is 0 Å². The van der Waals surface area contributed by atoms with E-state index in [0.29, 0.717) is 6.04 Å². The number of nitrogens with one attached hydrogen (secondary N) is 1. The Morgan fingerprint density at radius 1 is 1.47 bits per heavy atom. The Kier molecular flexibility index (Phi) is 5.90. The zero-order valence-electron chi connectivity index (χ0n) is 12.3. The van der Waals surface area contributed by atoms with Crippen molar-refractivity contribution in [2.75, 3.05) is 33.4 Å². The second-order valence-corrected chi connectivity index (χ2v) is 6.07. The zero-order valence-corrected chi connectivity index (χ0v) is 12.3. The topological polar surface area (TPSA) is 24.5 Å². The number of rotatable bonds is 7. The van der Waals surface area contributed by atoms with Crippen LogP contribution in [0.25, 0.3) is 0 Å². The predicted octanol–water partition coefficient (Wildman–Crippen LogP) is 2.12. The first-order chi connectivity index (χ1) is 7.98. The first-order valence-electron chi connectivity index (χ1n) is 6.96. The molecule has 1 N–H and O–H groups in total. The Balaban J connectivity index is 2.27. The maximum absolute atomic E-state index is 5.24. The fourth-order valence-electron chi connectivity index (χ4n) is 2.31. The van der Waals surface area contributed by atoms with Crippen LogP contribution >= 0.6 is 0 Å². The zero-order chi connectivity index (χ0) is 12.9. The fourth-order valence-corrected chi connectivity index (χ4v) is 2.31. The van der Waals surface area contributed by atoms with Crippen LogP contribution < -0.4 is 5.32 Å². The van der Waals surface area contributed by atoms with Crippen molar-refractivity contribution >= 4 is 0 Å². The van der Waals surface area contributed by atoms with Crippen molar-refractivity contribution in [1.29, 1.82) is 0 Å². The summed E-state index contributed by atoms with van der Waals surface area (Å²) >= 11 is 0. The molecule has 0 aliphatic carbocycles.